The van der Waals surface area contributed by atoms with Crippen molar-refractivity contribution in [1.29, 1.82) is 0 Å². The topological polar surface area (TPSA) is 38.7 Å². The highest BCUT2D eigenvalue weighted by molar-refractivity contribution is 4.40. The van der Waals surface area contributed by atoms with Crippen molar-refractivity contribution in [1.82, 2.24) is 0 Å². The third-order valence-corrected chi connectivity index (χ3v) is 0.728. The molecule has 0 aromatic rings. The van der Waals surface area contributed by atoms with Gasteiger partial charge in [0, 0.05) is 7.11 Å². The maximum absolute atomic E-state index is 8.38. The Labute approximate surface area is 49.2 Å². The molecule has 3 nitrogen and oxygen atoms in total. The first-order valence-electron chi connectivity index (χ1n) is 2.52. The van der Waals surface area contributed by atoms with Crippen molar-refractivity contribution >= 4 is 0 Å². The van der Waals surface area contributed by atoms with E-state index in [-0.39, 0.29) is 19.5 Å². The molecule has 0 fully saturated rings. The SMILES string of the molecule is COCO[C@H](C)CO. The standard InChI is InChI=1S/C5H12O3/c1-5(3-6)8-4-7-2/h5-6H,3-4H2,1-2H3/t5-/m1/s1. The highest BCUT2D eigenvalue weighted by atomic mass is 16.7. The van der Waals surface area contributed by atoms with Gasteiger partial charge in [-0.3, -0.25) is 0 Å². The van der Waals surface area contributed by atoms with E-state index in [1.807, 2.05) is 0 Å². The van der Waals surface area contributed by atoms with Gasteiger partial charge in [-0.2, -0.15) is 0 Å². The first-order chi connectivity index (χ1) is 3.81. The maximum Gasteiger partial charge on any atom is 0.146 e. The van der Waals surface area contributed by atoms with E-state index in [0.29, 0.717) is 0 Å². The van der Waals surface area contributed by atoms with Crippen molar-refractivity contribution in [2.24, 2.45) is 0 Å². The number of aliphatic hydroxyl groups excluding tert-OH is 1. The molecule has 1 atom stereocenters. The molecule has 0 aromatic heterocycles. The summed E-state index contributed by atoms with van der Waals surface area (Å²) in [5, 5.41) is 8.38. The monoisotopic (exact) mass is 120 g/mol. The zero-order valence-corrected chi connectivity index (χ0v) is 5.26. The fourth-order valence-electron chi connectivity index (χ4n) is 0.237. The van der Waals surface area contributed by atoms with E-state index in [9.17, 15) is 0 Å². The van der Waals surface area contributed by atoms with Gasteiger partial charge in [0.2, 0.25) is 0 Å². The summed E-state index contributed by atoms with van der Waals surface area (Å²) >= 11 is 0. The molecule has 0 saturated carbocycles. The van der Waals surface area contributed by atoms with Crippen molar-refractivity contribution in [3.05, 3.63) is 0 Å². The predicted octanol–water partition coefficient (Wildman–Crippen LogP) is -0.0123. The van der Waals surface area contributed by atoms with Crippen molar-refractivity contribution < 1.29 is 14.6 Å². The molecule has 0 spiro atoms. The average molecular weight is 120 g/mol. The van der Waals surface area contributed by atoms with E-state index < -0.39 is 0 Å². The first kappa shape index (κ1) is 7.88. The van der Waals surface area contributed by atoms with E-state index in [1.165, 1.54) is 0 Å². The van der Waals surface area contributed by atoms with Gasteiger partial charge >= 0.3 is 0 Å². The van der Waals surface area contributed by atoms with Crippen molar-refractivity contribution in [3.63, 3.8) is 0 Å². The van der Waals surface area contributed by atoms with Crippen LogP contribution in [-0.4, -0.2) is 31.7 Å². The Kier molecular flexibility index (Phi) is 4.95. The first-order valence-corrected chi connectivity index (χ1v) is 2.52. The number of aliphatic hydroxyl groups is 1. The smallest absolute Gasteiger partial charge is 0.146 e. The van der Waals surface area contributed by atoms with Crippen molar-refractivity contribution in [3.8, 4) is 0 Å². The maximum atomic E-state index is 8.38. The lowest BCUT2D eigenvalue weighted by atomic mass is 10.4. The molecular formula is C5H12O3. The molecular weight excluding hydrogens is 108 g/mol. The number of methoxy groups -OCH3 is 1. The fourth-order valence-corrected chi connectivity index (χ4v) is 0.237. The molecule has 0 unspecified atom stereocenters. The molecule has 0 saturated heterocycles. The van der Waals surface area contributed by atoms with Gasteiger partial charge in [0.15, 0.2) is 0 Å². The van der Waals surface area contributed by atoms with Crippen LogP contribution in [0.25, 0.3) is 0 Å². The van der Waals surface area contributed by atoms with Gasteiger partial charge in [-0.05, 0) is 6.92 Å². The van der Waals surface area contributed by atoms with E-state index in [2.05, 4.69) is 4.74 Å². The van der Waals surface area contributed by atoms with Crippen LogP contribution in [0.4, 0.5) is 0 Å². The van der Waals surface area contributed by atoms with Crippen LogP contribution in [0.5, 0.6) is 0 Å². The molecule has 0 aliphatic carbocycles. The van der Waals surface area contributed by atoms with E-state index >= 15 is 0 Å². The van der Waals surface area contributed by atoms with Gasteiger partial charge in [-0.15, -0.1) is 0 Å². The number of hydrogen-bond acceptors (Lipinski definition) is 3. The number of ether oxygens (including phenoxy) is 2. The minimum atomic E-state index is -0.116. The van der Waals surface area contributed by atoms with Gasteiger partial charge in [0.05, 0.1) is 12.7 Å². The average Bonchev–Trinajstić information content (AvgIpc) is 1.83. The molecule has 1 N–H and O–H groups in total. The van der Waals surface area contributed by atoms with Gasteiger partial charge in [0.25, 0.3) is 0 Å². The zero-order chi connectivity index (χ0) is 6.41. The fraction of sp³-hybridized carbons (Fsp3) is 1.00. The van der Waals surface area contributed by atoms with Crippen LogP contribution in [0.15, 0.2) is 0 Å². The number of hydrogen-bond donors (Lipinski definition) is 1. The molecule has 0 rings (SSSR count). The molecule has 0 heterocycles. The Bertz CT molecular complexity index is 46.9. The second kappa shape index (κ2) is 5.03. The summed E-state index contributed by atoms with van der Waals surface area (Å²) in [5.41, 5.74) is 0. The molecule has 0 radical (unpaired) electrons. The largest absolute Gasteiger partial charge is 0.394 e. The van der Waals surface area contributed by atoms with Crippen LogP contribution < -0.4 is 0 Å². The zero-order valence-electron chi connectivity index (χ0n) is 5.26. The Morgan fingerprint density at radius 3 is 2.62 bits per heavy atom. The summed E-state index contributed by atoms with van der Waals surface area (Å²) in [7, 11) is 1.55. The molecule has 0 aromatic carbocycles. The second-order valence-electron chi connectivity index (χ2n) is 1.57. The van der Waals surface area contributed by atoms with Gasteiger partial charge in [-0.25, -0.2) is 0 Å². The summed E-state index contributed by atoms with van der Waals surface area (Å²) in [6, 6.07) is 0. The summed E-state index contributed by atoms with van der Waals surface area (Å²) in [5.74, 6) is 0. The third-order valence-electron chi connectivity index (χ3n) is 0.728. The van der Waals surface area contributed by atoms with Crippen LogP contribution in [0.1, 0.15) is 6.92 Å². The summed E-state index contributed by atoms with van der Waals surface area (Å²) in [4.78, 5) is 0. The normalized spacial score (nSPS) is 13.9. The Hall–Kier alpha value is -0.120. The predicted molar refractivity (Wildman–Crippen MR) is 29.5 cm³/mol. The van der Waals surface area contributed by atoms with Gasteiger partial charge in [-0.1, -0.05) is 0 Å². The summed E-state index contributed by atoms with van der Waals surface area (Å²) in [6.07, 6.45) is -0.116. The van der Waals surface area contributed by atoms with Gasteiger partial charge in [0.1, 0.15) is 6.79 Å². The molecule has 8 heavy (non-hydrogen) atoms. The Balaban J connectivity index is 2.86. The number of rotatable bonds is 4. The van der Waals surface area contributed by atoms with E-state index in [4.69, 9.17) is 9.84 Å². The van der Waals surface area contributed by atoms with Crippen LogP contribution in [-0.2, 0) is 9.47 Å². The lowest BCUT2D eigenvalue weighted by Crippen LogP contribution is -2.14. The van der Waals surface area contributed by atoms with Crippen molar-refractivity contribution in [2.45, 2.75) is 13.0 Å². The van der Waals surface area contributed by atoms with Crippen LogP contribution in [0, 0.1) is 0 Å². The molecule has 0 aliphatic heterocycles. The molecule has 0 amide bonds. The quantitative estimate of drug-likeness (QED) is 0.530. The minimum Gasteiger partial charge on any atom is -0.394 e. The minimum absolute atomic E-state index is 0.0450. The molecule has 50 valence electrons. The third kappa shape index (κ3) is 4.05. The van der Waals surface area contributed by atoms with E-state index in [0.717, 1.165) is 0 Å². The summed E-state index contributed by atoms with van der Waals surface area (Å²) in [6.45, 7) is 2.07. The Morgan fingerprint density at radius 1 is 1.62 bits per heavy atom. The van der Waals surface area contributed by atoms with Crippen LogP contribution >= 0.6 is 0 Å². The van der Waals surface area contributed by atoms with Crippen LogP contribution in [0.2, 0.25) is 0 Å². The summed E-state index contributed by atoms with van der Waals surface area (Å²) < 4.78 is 9.45. The van der Waals surface area contributed by atoms with Gasteiger partial charge < -0.3 is 14.6 Å². The highest BCUT2D eigenvalue weighted by Crippen LogP contribution is 1.86. The van der Waals surface area contributed by atoms with Crippen LogP contribution in [0.3, 0.4) is 0 Å². The lowest BCUT2D eigenvalue weighted by molar-refractivity contribution is -0.0798. The molecule has 3 heteroatoms. The second-order valence-corrected chi connectivity index (χ2v) is 1.57. The lowest BCUT2D eigenvalue weighted by Gasteiger charge is -2.06. The van der Waals surface area contributed by atoms with E-state index in [1.54, 1.807) is 14.0 Å². The Morgan fingerprint density at radius 2 is 2.25 bits per heavy atom. The molecule has 0 bridgehead atoms. The highest BCUT2D eigenvalue weighted by Gasteiger charge is 1.95. The van der Waals surface area contributed by atoms with Crippen molar-refractivity contribution in [2.75, 3.05) is 20.5 Å². The molecule has 0 aliphatic rings.